The lowest BCUT2D eigenvalue weighted by molar-refractivity contribution is -0.141. The maximum atomic E-state index is 14.3. The molecule has 12 heteroatoms. The van der Waals surface area contributed by atoms with Crippen LogP contribution in [0.25, 0.3) is 11.1 Å². The average molecular weight is 496 g/mol. The van der Waals surface area contributed by atoms with Gasteiger partial charge in [0, 0.05) is 32.2 Å². The van der Waals surface area contributed by atoms with E-state index in [1.54, 1.807) is 0 Å². The van der Waals surface area contributed by atoms with Crippen LogP contribution in [0.3, 0.4) is 0 Å². The highest BCUT2D eigenvalue weighted by Crippen LogP contribution is 2.35. The van der Waals surface area contributed by atoms with Crippen LogP contribution in [0.5, 0.6) is 5.88 Å². The van der Waals surface area contributed by atoms with Gasteiger partial charge in [0.2, 0.25) is 11.8 Å². The molecule has 0 radical (unpaired) electrons. The number of ether oxygens (including phenoxy) is 2. The van der Waals surface area contributed by atoms with Crippen molar-refractivity contribution in [2.45, 2.75) is 31.4 Å². The number of carbonyl (C=O) groups excluding carboxylic acids is 1. The first-order valence-electron chi connectivity index (χ1n) is 9.82. The van der Waals surface area contributed by atoms with Gasteiger partial charge in [-0.3, -0.25) is 4.79 Å². The van der Waals surface area contributed by atoms with Gasteiger partial charge in [0.05, 0.1) is 12.6 Å². The van der Waals surface area contributed by atoms with Crippen molar-refractivity contribution in [1.82, 2.24) is 15.6 Å². The zero-order chi connectivity index (χ0) is 23.3. The molecule has 1 aromatic carbocycles. The van der Waals surface area contributed by atoms with Crippen molar-refractivity contribution in [3.63, 3.8) is 0 Å². The van der Waals surface area contributed by atoms with Gasteiger partial charge in [-0.05, 0) is 41.5 Å². The third-order valence-corrected chi connectivity index (χ3v) is 4.81. The summed E-state index contributed by atoms with van der Waals surface area (Å²) in [6, 6.07) is 5.09. The van der Waals surface area contributed by atoms with Crippen molar-refractivity contribution in [3.05, 3.63) is 47.4 Å². The fourth-order valence-corrected chi connectivity index (χ4v) is 3.26. The van der Waals surface area contributed by atoms with E-state index in [1.807, 2.05) is 0 Å². The van der Waals surface area contributed by atoms with Crippen LogP contribution in [0.15, 0.2) is 30.3 Å². The predicted molar refractivity (Wildman–Crippen MR) is 112 cm³/mol. The number of alkyl halides is 4. The van der Waals surface area contributed by atoms with Crippen LogP contribution in [-0.4, -0.2) is 50.0 Å². The number of carbonyl (C=O) groups is 1. The molecule has 1 saturated heterocycles. The molecule has 0 aliphatic carbocycles. The van der Waals surface area contributed by atoms with Crippen LogP contribution in [0.2, 0.25) is 0 Å². The lowest BCUT2D eigenvalue weighted by atomic mass is 10.0. The van der Waals surface area contributed by atoms with Gasteiger partial charge in [-0.2, -0.15) is 13.2 Å². The average Bonchev–Trinajstić information content (AvgIpc) is 3.17. The summed E-state index contributed by atoms with van der Waals surface area (Å²) in [6.45, 7) is 0.106. The summed E-state index contributed by atoms with van der Waals surface area (Å²) >= 11 is 0. The number of hydrogen-bond acceptors (Lipinski definition) is 5. The van der Waals surface area contributed by atoms with Gasteiger partial charge in [0.25, 0.3) is 0 Å². The number of nitrogens with zero attached hydrogens (tertiary/aromatic N) is 1. The quantitative estimate of drug-likeness (QED) is 0.432. The van der Waals surface area contributed by atoms with E-state index in [1.165, 1.54) is 19.2 Å². The Bertz CT molecular complexity index is 961. The lowest BCUT2D eigenvalue weighted by Gasteiger charge is -2.15. The number of pyridine rings is 1. The molecule has 1 aromatic heterocycles. The second-order valence-electron chi connectivity index (χ2n) is 7.25. The van der Waals surface area contributed by atoms with E-state index in [0.29, 0.717) is 5.56 Å². The Morgan fingerprint density at radius 1 is 1.24 bits per heavy atom. The number of rotatable bonds is 8. The Balaban J connectivity index is 0.00000385. The fraction of sp³-hybridized carbons (Fsp3) is 0.429. The molecule has 0 saturated carbocycles. The monoisotopic (exact) mass is 495 g/mol. The Kier molecular flexibility index (Phi) is 9.38. The van der Waals surface area contributed by atoms with Gasteiger partial charge in [-0.15, -0.1) is 12.4 Å². The predicted octanol–water partition coefficient (Wildman–Crippen LogP) is 3.67. The van der Waals surface area contributed by atoms with E-state index >= 15 is 0 Å². The molecule has 1 aliphatic rings. The van der Waals surface area contributed by atoms with E-state index in [0.717, 1.165) is 18.2 Å². The summed E-state index contributed by atoms with van der Waals surface area (Å²) in [4.78, 5) is 15.7. The molecule has 3 rings (SSSR count). The Morgan fingerprint density at radius 2 is 2.00 bits per heavy atom. The summed E-state index contributed by atoms with van der Waals surface area (Å²) in [6.07, 6.45) is -5.72. The van der Waals surface area contributed by atoms with Gasteiger partial charge < -0.3 is 20.1 Å². The molecular weight excluding hydrogens is 473 g/mol. The maximum Gasteiger partial charge on any atom is 0.433 e. The molecule has 2 N–H and O–H groups in total. The molecule has 0 unspecified atom stereocenters. The van der Waals surface area contributed by atoms with Gasteiger partial charge in [-0.1, -0.05) is 0 Å². The molecule has 6 nitrogen and oxygen atoms in total. The zero-order valence-electron chi connectivity index (χ0n) is 17.5. The van der Waals surface area contributed by atoms with E-state index < -0.39 is 35.8 Å². The highest BCUT2D eigenvalue weighted by molar-refractivity contribution is 5.85. The lowest BCUT2D eigenvalue weighted by Crippen LogP contribution is -2.40. The standard InChI is InChI=1S/C21H22F5N3O3.ClH/c1-31-4-5-32-20-16(2-3-18(29-20)21(24,25)26)13-6-12(7-14(22)8-13)10-28-19(30)17-9-15(23)11-27-17;/h2-3,6-8,15,17,27H,4-5,9-11H2,1H3,(H,28,30);1H/t15-,17+;/m1./s1. The van der Waals surface area contributed by atoms with Crippen molar-refractivity contribution in [3.8, 4) is 17.0 Å². The molecule has 2 atom stereocenters. The third kappa shape index (κ3) is 7.24. The molecular formula is C21H23ClF5N3O3. The first kappa shape index (κ1) is 26.7. The van der Waals surface area contributed by atoms with Crippen LogP contribution < -0.4 is 15.4 Å². The van der Waals surface area contributed by atoms with Crippen molar-refractivity contribution in [2.75, 3.05) is 26.9 Å². The number of hydrogen-bond donors (Lipinski definition) is 2. The van der Waals surface area contributed by atoms with Crippen molar-refractivity contribution < 1.29 is 36.2 Å². The number of halogens is 6. The van der Waals surface area contributed by atoms with Gasteiger partial charge in [0.1, 0.15) is 24.3 Å². The molecule has 1 fully saturated rings. The van der Waals surface area contributed by atoms with Crippen LogP contribution in [0.1, 0.15) is 17.7 Å². The van der Waals surface area contributed by atoms with Crippen LogP contribution >= 0.6 is 12.4 Å². The highest BCUT2D eigenvalue weighted by atomic mass is 35.5. The molecule has 2 heterocycles. The maximum absolute atomic E-state index is 14.3. The molecule has 33 heavy (non-hydrogen) atoms. The Morgan fingerprint density at radius 3 is 2.64 bits per heavy atom. The largest absolute Gasteiger partial charge is 0.475 e. The topological polar surface area (TPSA) is 72.5 Å². The second-order valence-corrected chi connectivity index (χ2v) is 7.25. The van der Waals surface area contributed by atoms with Gasteiger partial charge in [-0.25, -0.2) is 13.8 Å². The molecule has 1 amide bonds. The number of benzene rings is 1. The number of aromatic nitrogens is 1. The number of methoxy groups -OCH3 is 1. The third-order valence-electron chi connectivity index (χ3n) is 4.81. The Hall–Kier alpha value is -2.50. The van der Waals surface area contributed by atoms with Crippen LogP contribution in [0.4, 0.5) is 22.0 Å². The molecule has 0 bridgehead atoms. The summed E-state index contributed by atoms with van der Waals surface area (Å²) in [5.41, 5.74) is -0.400. The smallest absolute Gasteiger partial charge is 0.433 e. The van der Waals surface area contributed by atoms with E-state index in [4.69, 9.17) is 9.47 Å². The molecule has 1 aliphatic heterocycles. The summed E-state index contributed by atoms with van der Waals surface area (Å²) in [7, 11) is 1.41. The first-order chi connectivity index (χ1) is 15.2. The van der Waals surface area contributed by atoms with E-state index in [9.17, 15) is 26.7 Å². The van der Waals surface area contributed by atoms with E-state index in [2.05, 4.69) is 15.6 Å². The molecule has 182 valence electrons. The normalized spacial score (nSPS) is 18.0. The van der Waals surface area contributed by atoms with Crippen LogP contribution in [-0.2, 0) is 22.3 Å². The minimum absolute atomic E-state index is 0. The van der Waals surface area contributed by atoms with Crippen molar-refractivity contribution >= 4 is 18.3 Å². The van der Waals surface area contributed by atoms with Gasteiger partial charge in [0.15, 0.2) is 0 Å². The summed E-state index contributed by atoms with van der Waals surface area (Å²) in [5.74, 6) is -1.39. The first-order valence-corrected chi connectivity index (χ1v) is 9.82. The van der Waals surface area contributed by atoms with Crippen molar-refractivity contribution in [1.29, 1.82) is 0 Å². The van der Waals surface area contributed by atoms with E-state index in [-0.39, 0.29) is 62.1 Å². The van der Waals surface area contributed by atoms with Crippen molar-refractivity contribution in [2.24, 2.45) is 0 Å². The minimum Gasteiger partial charge on any atom is -0.475 e. The molecule has 2 aromatic rings. The van der Waals surface area contributed by atoms with Crippen LogP contribution in [0, 0.1) is 5.82 Å². The number of amides is 1. The molecule has 0 spiro atoms. The number of nitrogens with one attached hydrogen (secondary N) is 2. The fourth-order valence-electron chi connectivity index (χ4n) is 3.26. The highest BCUT2D eigenvalue weighted by Gasteiger charge is 2.33. The SMILES string of the molecule is COCCOc1nc(C(F)(F)F)ccc1-c1cc(F)cc(CNC(=O)[C@@H]2C[C@@H](F)CN2)c1.Cl. The summed E-state index contributed by atoms with van der Waals surface area (Å²) < 4.78 is 76.9. The van der Waals surface area contributed by atoms with Gasteiger partial charge >= 0.3 is 6.18 Å². The zero-order valence-corrected chi connectivity index (χ0v) is 18.4. The second kappa shape index (κ2) is 11.6. The summed E-state index contributed by atoms with van der Waals surface area (Å²) in [5, 5.41) is 5.36. The minimum atomic E-state index is -4.68. The Labute approximate surface area is 193 Å².